The van der Waals surface area contributed by atoms with Crippen LogP contribution in [-0.2, 0) is 11.8 Å². The molecule has 21 heavy (non-hydrogen) atoms. The molecule has 108 valence electrons. The Morgan fingerprint density at radius 2 is 1.95 bits per heavy atom. The number of hydrogen-bond donors (Lipinski definition) is 0. The first-order valence-corrected chi connectivity index (χ1v) is 7.02. The maximum absolute atomic E-state index is 12.0. The predicted molar refractivity (Wildman–Crippen MR) is 84.3 cm³/mol. The summed E-state index contributed by atoms with van der Waals surface area (Å²) >= 11 is 12.2. The van der Waals surface area contributed by atoms with Gasteiger partial charge in [-0.15, -0.1) is 0 Å². The molecule has 0 spiro atoms. The van der Waals surface area contributed by atoms with Crippen molar-refractivity contribution in [3.05, 3.63) is 39.6 Å². The van der Waals surface area contributed by atoms with E-state index in [4.69, 9.17) is 27.9 Å². The van der Waals surface area contributed by atoms with Crippen molar-refractivity contribution < 1.29 is 9.53 Å². The summed E-state index contributed by atoms with van der Waals surface area (Å²) < 4.78 is 6.79. The fourth-order valence-corrected chi connectivity index (χ4v) is 2.97. The highest BCUT2D eigenvalue weighted by Gasteiger charge is 2.20. The average molecular weight is 323 g/mol. The van der Waals surface area contributed by atoms with E-state index in [0.717, 1.165) is 21.9 Å². The first-order chi connectivity index (χ1) is 9.93. The Bertz CT molecular complexity index is 900. The van der Waals surface area contributed by atoms with E-state index in [9.17, 15) is 4.79 Å². The molecule has 0 aliphatic heterocycles. The van der Waals surface area contributed by atoms with Gasteiger partial charge in [0, 0.05) is 24.0 Å². The molecule has 4 nitrogen and oxygen atoms in total. The Hall–Kier alpha value is -1.78. The Morgan fingerprint density at radius 1 is 1.29 bits per heavy atom. The average Bonchev–Trinajstić information content (AvgIpc) is 2.74. The van der Waals surface area contributed by atoms with Crippen molar-refractivity contribution in [1.82, 2.24) is 9.55 Å². The van der Waals surface area contributed by atoms with Gasteiger partial charge in [0.15, 0.2) is 5.69 Å². The van der Waals surface area contributed by atoms with Crippen molar-refractivity contribution in [3.8, 4) is 0 Å². The second-order valence-corrected chi connectivity index (χ2v) is 5.70. The standard InChI is InChI=1S/C15H12Cl2N2O2/c1-7-6-19(2)14-8-4-9(16)10(17)5-11(8)18-13(12(7)14)15(20)21-3/h4-6H,1-3H3. The molecule has 3 rings (SSSR count). The largest absolute Gasteiger partial charge is 0.464 e. The van der Waals surface area contributed by atoms with Crippen molar-refractivity contribution in [2.24, 2.45) is 7.05 Å². The van der Waals surface area contributed by atoms with Crippen LogP contribution in [0.5, 0.6) is 0 Å². The smallest absolute Gasteiger partial charge is 0.357 e. The summed E-state index contributed by atoms with van der Waals surface area (Å²) in [6.07, 6.45) is 1.95. The van der Waals surface area contributed by atoms with Crippen molar-refractivity contribution in [1.29, 1.82) is 0 Å². The van der Waals surface area contributed by atoms with Gasteiger partial charge in [0.05, 0.1) is 28.2 Å². The summed E-state index contributed by atoms with van der Waals surface area (Å²) in [5.74, 6) is -0.470. The van der Waals surface area contributed by atoms with E-state index in [0.29, 0.717) is 15.6 Å². The number of methoxy groups -OCH3 is 1. The maximum Gasteiger partial charge on any atom is 0.357 e. The Morgan fingerprint density at radius 3 is 2.62 bits per heavy atom. The molecular formula is C15H12Cl2N2O2. The maximum atomic E-state index is 12.0. The molecule has 0 aliphatic carbocycles. The van der Waals surface area contributed by atoms with E-state index in [1.165, 1.54) is 7.11 Å². The molecule has 0 aliphatic rings. The number of esters is 1. The molecule has 6 heteroatoms. The number of benzene rings is 1. The minimum absolute atomic E-state index is 0.288. The SMILES string of the molecule is COC(=O)c1nc2cc(Cl)c(Cl)cc2c2c1c(C)cn2C. The number of pyridine rings is 1. The van der Waals surface area contributed by atoms with Gasteiger partial charge in [-0.1, -0.05) is 23.2 Å². The quantitative estimate of drug-likeness (QED) is 0.633. The van der Waals surface area contributed by atoms with Crippen LogP contribution >= 0.6 is 23.2 Å². The molecule has 0 atom stereocenters. The van der Waals surface area contributed by atoms with Crippen LogP contribution in [0.1, 0.15) is 16.1 Å². The third kappa shape index (κ3) is 2.06. The summed E-state index contributed by atoms with van der Waals surface area (Å²) in [6.45, 7) is 1.93. The van der Waals surface area contributed by atoms with Gasteiger partial charge in [0.1, 0.15) is 0 Å². The van der Waals surface area contributed by atoms with Crippen LogP contribution in [0.3, 0.4) is 0 Å². The minimum Gasteiger partial charge on any atom is -0.464 e. The normalized spacial score (nSPS) is 11.3. The summed E-state index contributed by atoms with van der Waals surface area (Å²) in [4.78, 5) is 16.5. The monoisotopic (exact) mass is 322 g/mol. The molecule has 0 radical (unpaired) electrons. The number of hydrogen-bond acceptors (Lipinski definition) is 3. The Kier molecular flexibility index (Phi) is 3.30. The van der Waals surface area contributed by atoms with Crippen LogP contribution in [0.2, 0.25) is 10.0 Å². The van der Waals surface area contributed by atoms with Crippen molar-refractivity contribution in [2.75, 3.05) is 7.11 Å². The van der Waals surface area contributed by atoms with E-state index >= 15 is 0 Å². The molecule has 0 amide bonds. The second-order valence-electron chi connectivity index (χ2n) is 4.88. The summed E-state index contributed by atoms with van der Waals surface area (Å²) in [5.41, 5.74) is 2.74. The zero-order chi connectivity index (χ0) is 15.3. The van der Waals surface area contributed by atoms with Crippen LogP contribution in [0.15, 0.2) is 18.3 Å². The van der Waals surface area contributed by atoms with Crippen LogP contribution in [0.25, 0.3) is 21.8 Å². The van der Waals surface area contributed by atoms with Crippen molar-refractivity contribution >= 4 is 51.0 Å². The van der Waals surface area contributed by atoms with E-state index in [1.807, 2.05) is 24.7 Å². The fraction of sp³-hybridized carbons (Fsp3) is 0.200. The Labute approximate surface area is 131 Å². The third-order valence-electron chi connectivity index (χ3n) is 3.51. The van der Waals surface area contributed by atoms with Crippen LogP contribution in [0.4, 0.5) is 0 Å². The number of nitrogens with zero attached hydrogens (tertiary/aromatic N) is 2. The molecule has 2 aromatic heterocycles. The number of aromatic nitrogens is 2. The van der Waals surface area contributed by atoms with Crippen molar-refractivity contribution in [3.63, 3.8) is 0 Å². The third-order valence-corrected chi connectivity index (χ3v) is 4.23. The van der Waals surface area contributed by atoms with Gasteiger partial charge < -0.3 is 9.30 Å². The summed E-state index contributed by atoms with van der Waals surface area (Å²) in [6, 6.07) is 3.43. The zero-order valence-corrected chi connectivity index (χ0v) is 13.2. The molecule has 1 aromatic carbocycles. The predicted octanol–water partition coefficient (Wildman–Crippen LogP) is 4.13. The van der Waals surface area contributed by atoms with Crippen LogP contribution in [-0.4, -0.2) is 22.6 Å². The lowest BCUT2D eigenvalue weighted by molar-refractivity contribution is 0.0597. The number of ether oxygens (including phenoxy) is 1. The van der Waals surface area contributed by atoms with E-state index in [2.05, 4.69) is 4.98 Å². The molecule has 3 aromatic rings. The lowest BCUT2D eigenvalue weighted by atomic mass is 10.1. The molecule has 0 N–H and O–H groups in total. The van der Waals surface area contributed by atoms with E-state index < -0.39 is 5.97 Å². The van der Waals surface area contributed by atoms with Crippen LogP contribution < -0.4 is 0 Å². The fourth-order valence-electron chi connectivity index (χ4n) is 2.65. The summed E-state index contributed by atoms with van der Waals surface area (Å²) in [7, 11) is 3.26. The molecule has 0 bridgehead atoms. The highest BCUT2D eigenvalue weighted by atomic mass is 35.5. The molecular weight excluding hydrogens is 311 g/mol. The number of carbonyl (C=O) groups excluding carboxylic acids is 1. The first kappa shape index (κ1) is 14.2. The molecule has 0 saturated carbocycles. The van der Waals surface area contributed by atoms with Gasteiger partial charge in [0.25, 0.3) is 0 Å². The van der Waals surface area contributed by atoms with E-state index in [1.54, 1.807) is 12.1 Å². The van der Waals surface area contributed by atoms with Gasteiger partial charge in [-0.2, -0.15) is 0 Å². The number of rotatable bonds is 1. The van der Waals surface area contributed by atoms with E-state index in [-0.39, 0.29) is 5.69 Å². The minimum atomic E-state index is -0.470. The van der Waals surface area contributed by atoms with Gasteiger partial charge in [-0.05, 0) is 24.6 Å². The molecule has 0 saturated heterocycles. The molecule has 0 unspecified atom stereocenters. The molecule has 0 fully saturated rings. The number of fused-ring (bicyclic) bond motifs is 3. The summed E-state index contributed by atoms with van der Waals surface area (Å²) in [5, 5.41) is 2.48. The van der Waals surface area contributed by atoms with Gasteiger partial charge in [-0.25, -0.2) is 9.78 Å². The number of halogens is 2. The number of aryl methyl sites for hydroxylation is 2. The second kappa shape index (κ2) is 4.90. The van der Waals surface area contributed by atoms with Crippen molar-refractivity contribution in [2.45, 2.75) is 6.92 Å². The van der Waals surface area contributed by atoms with Gasteiger partial charge in [-0.3, -0.25) is 0 Å². The first-order valence-electron chi connectivity index (χ1n) is 6.26. The lowest BCUT2D eigenvalue weighted by Crippen LogP contribution is -2.06. The zero-order valence-electron chi connectivity index (χ0n) is 11.7. The number of carbonyl (C=O) groups is 1. The van der Waals surface area contributed by atoms with Gasteiger partial charge >= 0.3 is 5.97 Å². The Balaban J connectivity index is 2.58. The highest BCUT2D eigenvalue weighted by molar-refractivity contribution is 6.43. The lowest BCUT2D eigenvalue weighted by Gasteiger charge is -2.08. The van der Waals surface area contributed by atoms with Crippen LogP contribution in [0, 0.1) is 6.92 Å². The van der Waals surface area contributed by atoms with Gasteiger partial charge in [0.2, 0.25) is 0 Å². The molecule has 2 heterocycles. The topological polar surface area (TPSA) is 44.1 Å². The highest BCUT2D eigenvalue weighted by Crippen LogP contribution is 2.34.